The zero-order valence-electron chi connectivity index (χ0n) is 11.9. The average Bonchev–Trinajstić information content (AvgIpc) is 2.47. The Kier molecular flexibility index (Phi) is 5.42. The van der Waals surface area contributed by atoms with Gasteiger partial charge in [0.2, 0.25) is 0 Å². The van der Waals surface area contributed by atoms with E-state index in [1.165, 1.54) is 19.3 Å². The van der Waals surface area contributed by atoms with Crippen molar-refractivity contribution in [3.05, 3.63) is 48.3 Å². The largest absolute Gasteiger partial charge is 0.504 e. The van der Waals surface area contributed by atoms with Crippen LogP contribution < -0.4 is 4.74 Å². The molecule has 1 heterocycles. The number of pyridine rings is 1. The molecule has 0 aliphatic rings. The average molecular weight is 271 g/mol. The summed E-state index contributed by atoms with van der Waals surface area (Å²) in [4.78, 5) is 3.93. The smallest absolute Gasteiger partial charge is 0.169 e. The molecule has 1 aromatic heterocycles. The van der Waals surface area contributed by atoms with E-state index >= 15 is 0 Å². The van der Waals surface area contributed by atoms with Crippen LogP contribution in [0.4, 0.5) is 0 Å². The summed E-state index contributed by atoms with van der Waals surface area (Å²) in [7, 11) is 0. The van der Waals surface area contributed by atoms with Gasteiger partial charge in [-0.15, -0.1) is 0 Å². The van der Waals surface area contributed by atoms with Crippen molar-refractivity contribution >= 4 is 0 Å². The lowest BCUT2D eigenvalue weighted by atomic mass is 10.1. The highest BCUT2D eigenvalue weighted by molar-refractivity contribution is 5.44. The van der Waals surface area contributed by atoms with Gasteiger partial charge in [-0.1, -0.05) is 32.3 Å². The molecule has 3 nitrogen and oxygen atoms in total. The van der Waals surface area contributed by atoms with Gasteiger partial charge in [0.1, 0.15) is 5.75 Å². The van der Waals surface area contributed by atoms with Crippen molar-refractivity contribution in [3.63, 3.8) is 0 Å². The Labute approximate surface area is 120 Å². The summed E-state index contributed by atoms with van der Waals surface area (Å²) >= 11 is 0. The molecule has 1 N–H and O–H groups in total. The predicted molar refractivity (Wildman–Crippen MR) is 80.3 cm³/mol. The van der Waals surface area contributed by atoms with E-state index in [4.69, 9.17) is 4.74 Å². The normalized spacial score (nSPS) is 10.4. The highest BCUT2D eigenvalue weighted by atomic mass is 16.5. The van der Waals surface area contributed by atoms with E-state index in [0.717, 1.165) is 18.4 Å². The summed E-state index contributed by atoms with van der Waals surface area (Å²) in [6.07, 6.45) is 9.25. The predicted octanol–water partition coefficient (Wildman–Crippen LogP) is 4.70. The third-order valence-electron chi connectivity index (χ3n) is 3.22. The fourth-order valence-electron chi connectivity index (χ4n) is 2.09. The monoisotopic (exact) mass is 271 g/mol. The lowest BCUT2D eigenvalue weighted by Gasteiger charge is -2.09. The van der Waals surface area contributed by atoms with Crippen LogP contribution in [0, 0.1) is 0 Å². The second-order valence-corrected chi connectivity index (χ2v) is 4.90. The van der Waals surface area contributed by atoms with Crippen molar-refractivity contribution in [1.82, 2.24) is 4.98 Å². The number of phenols is 1. The molecule has 0 fully saturated rings. The number of aromatic hydroxyl groups is 1. The van der Waals surface area contributed by atoms with Crippen molar-refractivity contribution in [2.75, 3.05) is 0 Å². The van der Waals surface area contributed by atoms with Crippen LogP contribution in [0.2, 0.25) is 0 Å². The number of nitrogens with zero attached hydrogens (tertiary/aromatic N) is 1. The topological polar surface area (TPSA) is 42.4 Å². The van der Waals surface area contributed by atoms with Gasteiger partial charge >= 0.3 is 0 Å². The molecule has 2 rings (SSSR count). The number of hydrogen-bond acceptors (Lipinski definition) is 3. The summed E-state index contributed by atoms with van der Waals surface area (Å²) in [5.74, 6) is 1.34. The lowest BCUT2D eigenvalue weighted by molar-refractivity contribution is 0.410. The molecule has 1 aromatic carbocycles. The summed E-state index contributed by atoms with van der Waals surface area (Å²) in [5.41, 5.74) is 1.15. The van der Waals surface area contributed by atoms with Gasteiger partial charge in [0.15, 0.2) is 11.5 Å². The molecule has 0 aliphatic carbocycles. The van der Waals surface area contributed by atoms with E-state index in [1.54, 1.807) is 30.6 Å². The fourth-order valence-corrected chi connectivity index (χ4v) is 2.09. The molecule has 0 radical (unpaired) electrons. The first-order valence-corrected chi connectivity index (χ1v) is 7.19. The van der Waals surface area contributed by atoms with E-state index in [9.17, 15) is 5.11 Å². The molecule has 0 amide bonds. The Morgan fingerprint density at radius 3 is 2.55 bits per heavy atom. The van der Waals surface area contributed by atoms with E-state index in [-0.39, 0.29) is 5.75 Å². The number of rotatable bonds is 7. The van der Waals surface area contributed by atoms with E-state index < -0.39 is 0 Å². The van der Waals surface area contributed by atoms with Crippen LogP contribution in [-0.4, -0.2) is 10.1 Å². The molecule has 3 heteroatoms. The quantitative estimate of drug-likeness (QED) is 0.742. The van der Waals surface area contributed by atoms with Crippen LogP contribution in [0.3, 0.4) is 0 Å². The fraction of sp³-hybridized carbons (Fsp3) is 0.353. The van der Waals surface area contributed by atoms with Crippen molar-refractivity contribution in [2.45, 2.75) is 39.0 Å². The van der Waals surface area contributed by atoms with Crippen molar-refractivity contribution in [2.24, 2.45) is 0 Å². The highest BCUT2D eigenvalue weighted by Crippen LogP contribution is 2.31. The Morgan fingerprint density at radius 2 is 1.85 bits per heavy atom. The van der Waals surface area contributed by atoms with Gasteiger partial charge in [-0.05, 0) is 42.7 Å². The molecule has 106 valence electrons. The zero-order chi connectivity index (χ0) is 14.2. The number of benzene rings is 1. The molecule has 0 saturated carbocycles. The lowest BCUT2D eigenvalue weighted by Crippen LogP contribution is -1.89. The maximum absolute atomic E-state index is 10.0. The number of ether oxygens (including phenoxy) is 1. The molecular weight excluding hydrogens is 250 g/mol. The minimum atomic E-state index is 0.190. The second-order valence-electron chi connectivity index (χ2n) is 4.90. The van der Waals surface area contributed by atoms with Gasteiger partial charge < -0.3 is 9.84 Å². The molecule has 0 saturated heterocycles. The summed E-state index contributed by atoms with van der Waals surface area (Å²) in [6.45, 7) is 2.21. The molecule has 20 heavy (non-hydrogen) atoms. The number of aromatic nitrogens is 1. The van der Waals surface area contributed by atoms with Gasteiger partial charge in [-0.25, -0.2) is 0 Å². The van der Waals surface area contributed by atoms with Crippen LogP contribution in [0.25, 0.3) is 0 Å². The highest BCUT2D eigenvalue weighted by Gasteiger charge is 2.05. The van der Waals surface area contributed by atoms with Crippen molar-refractivity contribution in [3.8, 4) is 17.2 Å². The van der Waals surface area contributed by atoms with Crippen LogP contribution >= 0.6 is 0 Å². The summed E-state index contributed by atoms with van der Waals surface area (Å²) in [6, 6.07) is 9.16. The first-order valence-electron chi connectivity index (χ1n) is 7.19. The molecule has 0 spiro atoms. The zero-order valence-corrected chi connectivity index (χ0v) is 11.9. The van der Waals surface area contributed by atoms with E-state index in [0.29, 0.717) is 11.5 Å². The van der Waals surface area contributed by atoms with Gasteiger partial charge in [0, 0.05) is 12.4 Å². The summed E-state index contributed by atoms with van der Waals surface area (Å²) in [5, 5.41) is 10.0. The number of hydrogen-bond donors (Lipinski definition) is 1. The Bertz CT molecular complexity index is 526. The van der Waals surface area contributed by atoms with Gasteiger partial charge in [-0.2, -0.15) is 0 Å². The van der Waals surface area contributed by atoms with Gasteiger partial charge in [-0.3, -0.25) is 4.98 Å². The SMILES string of the molecule is CCCCCCc1ccc(Oc2ccncc2)c(O)c1. The standard InChI is InChI=1S/C17H21NO2/c1-2-3-4-5-6-14-7-8-17(16(19)13-14)20-15-9-11-18-12-10-15/h7-13,19H,2-6H2,1H3. The molecule has 0 aliphatic heterocycles. The number of phenolic OH excluding ortho intramolecular Hbond substituents is 1. The van der Waals surface area contributed by atoms with E-state index in [2.05, 4.69) is 11.9 Å². The maximum atomic E-state index is 10.0. The Morgan fingerprint density at radius 1 is 1.05 bits per heavy atom. The van der Waals surface area contributed by atoms with Gasteiger partial charge in [0.05, 0.1) is 0 Å². The second kappa shape index (κ2) is 7.53. The maximum Gasteiger partial charge on any atom is 0.169 e. The first kappa shape index (κ1) is 14.4. The van der Waals surface area contributed by atoms with Gasteiger partial charge in [0.25, 0.3) is 0 Å². The molecule has 0 bridgehead atoms. The third-order valence-corrected chi connectivity index (χ3v) is 3.22. The summed E-state index contributed by atoms with van der Waals surface area (Å²) < 4.78 is 5.62. The minimum absolute atomic E-state index is 0.190. The Hall–Kier alpha value is -2.03. The molecule has 2 aromatic rings. The van der Waals surface area contributed by atoms with E-state index in [1.807, 2.05) is 12.1 Å². The van der Waals surface area contributed by atoms with Crippen LogP contribution in [0.1, 0.15) is 38.2 Å². The number of aryl methyl sites for hydroxylation is 1. The molecular formula is C17H21NO2. The van der Waals surface area contributed by atoms with Crippen LogP contribution in [0.15, 0.2) is 42.7 Å². The van der Waals surface area contributed by atoms with Crippen LogP contribution in [0.5, 0.6) is 17.2 Å². The third kappa shape index (κ3) is 4.26. The Balaban J connectivity index is 1.95. The molecule has 0 atom stereocenters. The van der Waals surface area contributed by atoms with Crippen molar-refractivity contribution < 1.29 is 9.84 Å². The molecule has 0 unspecified atom stereocenters. The van der Waals surface area contributed by atoms with Crippen molar-refractivity contribution in [1.29, 1.82) is 0 Å². The number of unbranched alkanes of at least 4 members (excludes halogenated alkanes) is 3. The first-order chi connectivity index (χ1) is 9.79. The van der Waals surface area contributed by atoms with Crippen LogP contribution in [-0.2, 0) is 6.42 Å². The minimum Gasteiger partial charge on any atom is -0.504 e.